The Morgan fingerprint density at radius 2 is 1.54 bits per heavy atom. The van der Waals surface area contributed by atoms with Gasteiger partial charge in [0.1, 0.15) is 24.4 Å². The topological polar surface area (TPSA) is 105 Å². The number of amides is 3. The van der Waals surface area contributed by atoms with E-state index >= 15 is 0 Å². The third kappa shape index (κ3) is 8.00. The molecular formula is C31H52N2O8. The molecule has 5 atom stereocenters. The smallest absolute Gasteiger partial charge is 0.324 e. The van der Waals surface area contributed by atoms with Crippen molar-refractivity contribution in [3.63, 3.8) is 0 Å². The second-order valence-electron chi connectivity index (χ2n) is 13.4. The van der Waals surface area contributed by atoms with Gasteiger partial charge in [-0.1, -0.05) is 44.9 Å². The lowest BCUT2D eigenvalue weighted by Crippen LogP contribution is -2.52. The van der Waals surface area contributed by atoms with Crippen molar-refractivity contribution in [2.75, 3.05) is 13.2 Å². The Bertz CT molecular complexity index is 885. The fourth-order valence-electron chi connectivity index (χ4n) is 7.08. The lowest BCUT2D eigenvalue weighted by atomic mass is 9.93. The quantitative estimate of drug-likeness (QED) is 0.353. The van der Waals surface area contributed by atoms with Gasteiger partial charge in [0, 0.05) is 25.1 Å². The lowest BCUT2D eigenvalue weighted by molar-refractivity contribution is -0.236. The van der Waals surface area contributed by atoms with Gasteiger partial charge in [-0.25, -0.2) is 4.79 Å². The second-order valence-corrected chi connectivity index (χ2v) is 13.4. The number of fused-ring (bicyclic) bond motifs is 1. The molecule has 10 nitrogen and oxygen atoms in total. The molecule has 41 heavy (non-hydrogen) atoms. The summed E-state index contributed by atoms with van der Waals surface area (Å²) in [6.45, 7) is 8.48. The van der Waals surface area contributed by atoms with Crippen molar-refractivity contribution in [3.8, 4) is 0 Å². The minimum Gasteiger partial charge on any atom is -0.372 e. The molecule has 5 aliphatic rings. The summed E-state index contributed by atoms with van der Waals surface area (Å²) in [5, 5.41) is 3.19. The first-order valence-electron chi connectivity index (χ1n) is 16.2. The largest absolute Gasteiger partial charge is 0.372 e. The van der Waals surface area contributed by atoms with Gasteiger partial charge in [-0.2, -0.15) is 0 Å². The minimum atomic E-state index is -0.734. The maximum atomic E-state index is 13.4. The molecule has 0 aromatic rings. The molecule has 1 N–H and O–H groups in total. The van der Waals surface area contributed by atoms with E-state index < -0.39 is 17.9 Å². The molecule has 234 valence electrons. The summed E-state index contributed by atoms with van der Waals surface area (Å²) < 4.78 is 36.5. The number of unbranched alkanes of at least 4 members (excludes halogenated alkanes) is 2. The summed E-state index contributed by atoms with van der Waals surface area (Å²) in [5.41, 5.74) is 0. The molecule has 0 radical (unpaired) electrons. The van der Waals surface area contributed by atoms with Crippen molar-refractivity contribution in [2.45, 2.75) is 172 Å². The molecular weight excluding hydrogens is 528 g/mol. The van der Waals surface area contributed by atoms with Crippen LogP contribution in [0.15, 0.2) is 0 Å². The van der Waals surface area contributed by atoms with Crippen LogP contribution in [0, 0.1) is 0 Å². The number of imide groups is 1. The molecule has 10 heteroatoms. The average molecular weight is 581 g/mol. The van der Waals surface area contributed by atoms with Crippen molar-refractivity contribution in [3.05, 3.63) is 0 Å². The molecule has 3 saturated heterocycles. The van der Waals surface area contributed by atoms with Gasteiger partial charge in [-0.3, -0.25) is 9.69 Å². The number of nitrogens with one attached hydrogen (secondary N) is 1. The summed E-state index contributed by atoms with van der Waals surface area (Å²) in [5.74, 6) is -1.44. The Labute approximate surface area is 245 Å². The zero-order chi connectivity index (χ0) is 29.0. The predicted molar refractivity (Wildman–Crippen MR) is 151 cm³/mol. The highest BCUT2D eigenvalue weighted by molar-refractivity contribution is 5.95. The Morgan fingerprint density at radius 1 is 0.829 bits per heavy atom. The summed E-state index contributed by atoms with van der Waals surface area (Å²) in [7, 11) is 0. The van der Waals surface area contributed by atoms with Gasteiger partial charge in [0.2, 0.25) is 5.91 Å². The lowest BCUT2D eigenvalue weighted by Gasteiger charge is -2.34. The van der Waals surface area contributed by atoms with Crippen LogP contribution in [0.5, 0.6) is 0 Å². The normalized spacial score (nSPS) is 33.5. The van der Waals surface area contributed by atoms with Crippen LogP contribution in [0.2, 0.25) is 0 Å². The molecule has 0 bridgehead atoms. The van der Waals surface area contributed by atoms with Crippen LogP contribution < -0.4 is 5.32 Å². The van der Waals surface area contributed by atoms with Crippen molar-refractivity contribution < 1.29 is 38.0 Å². The van der Waals surface area contributed by atoms with E-state index in [2.05, 4.69) is 5.32 Å². The number of carbonyl (C=O) groups is 2. The highest BCUT2D eigenvalue weighted by Crippen LogP contribution is 2.42. The van der Waals surface area contributed by atoms with E-state index in [1.807, 2.05) is 27.7 Å². The molecule has 5 fully saturated rings. The van der Waals surface area contributed by atoms with Gasteiger partial charge < -0.3 is 33.7 Å². The zero-order valence-electron chi connectivity index (χ0n) is 25.6. The number of rotatable bonds is 10. The van der Waals surface area contributed by atoms with Crippen LogP contribution in [0.1, 0.15) is 118 Å². The Hall–Kier alpha value is -1.30. The molecule has 3 heterocycles. The number of ether oxygens (including phenoxy) is 6. The van der Waals surface area contributed by atoms with Crippen LogP contribution in [0.25, 0.3) is 0 Å². The maximum Gasteiger partial charge on any atom is 0.324 e. The van der Waals surface area contributed by atoms with Gasteiger partial charge in [-0.05, 0) is 66.2 Å². The molecule has 2 saturated carbocycles. The van der Waals surface area contributed by atoms with Gasteiger partial charge >= 0.3 is 6.03 Å². The monoisotopic (exact) mass is 580 g/mol. The number of hydrogen-bond acceptors (Lipinski definition) is 8. The SMILES string of the molecule is CC1(C)O[C@H]2O[C@H]([C@H]3COC(C)(C)O3)[C@H](OCCCCCC(=O)N(C(=O)NC3CCCCC3)C3CCCCC3)[C@H]2O1. The van der Waals surface area contributed by atoms with Gasteiger partial charge in [0.05, 0.1) is 6.61 Å². The Morgan fingerprint density at radius 3 is 2.22 bits per heavy atom. The van der Waals surface area contributed by atoms with Gasteiger partial charge in [-0.15, -0.1) is 0 Å². The van der Waals surface area contributed by atoms with Gasteiger partial charge in [0.15, 0.2) is 17.9 Å². The first-order valence-corrected chi connectivity index (χ1v) is 16.2. The van der Waals surface area contributed by atoms with Crippen LogP contribution in [0.4, 0.5) is 4.79 Å². The van der Waals surface area contributed by atoms with E-state index in [4.69, 9.17) is 28.4 Å². The summed E-state index contributed by atoms with van der Waals surface area (Å²) >= 11 is 0. The highest BCUT2D eigenvalue weighted by atomic mass is 16.8. The molecule has 0 spiro atoms. The Balaban J connectivity index is 1.09. The van der Waals surface area contributed by atoms with E-state index in [9.17, 15) is 9.59 Å². The first kappa shape index (κ1) is 31.1. The van der Waals surface area contributed by atoms with Crippen LogP contribution in [-0.2, 0) is 33.2 Å². The van der Waals surface area contributed by atoms with Crippen molar-refractivity contribution in [2.24, 2.45) is 0 Å². The standard InChI is InChI=1S/C31H52N2O8/c1-30(2)37-20-23(39-30)25-26(27-28(38-25)41-31(3,4)40-27)36-19-13-7-12-18-24(34)33(22-16-10-6-11-17-22)29(35)32-21-14-8-5-9-15-21/h21-23,25-28H,5-20H2,1-4H3,(H,32,35)/t23-,25-,26+,27-,28-/m1/s1. The first-order chi connectivity index (χ1) is 19.6. The number of nitrogens with zero attached hydrogens (tertiary/aromatic N) is 1. The molecule has 3 aliphatic heterocycles. The number of urea groups is 1. The minimum absolute atomic E-state index is 0.0278. The summed E-state index contributed by atoms with van der Waals surface area (Å²) in [6, 6.07) is 0.0457. The van der Waals surface area contributed by atoms with Crippen LogP contribution in [-0.4, -0.2) is 84.4 Å². The van der Waals surface area contributed by atoms with Crippen molar-refractivity contribution in [1.82, 2.24) is 10.2 Å². The molecule has 5 rings (SSSR count). The summed E-state index contributed by atoms with van der Waals surface area (Å²) in [6.07, 6.45) is 11.7. The van der Waals surface area contributed by atoms with Crippen LogP contribution >= 0.6 is 0 Å². The highest BCUT2D eigenvalue weighted by Gasteiger charge is 2.58. The van der Waals surface area contributed by atoms with E-state index in [-0.39, 0.29) is 48.4 Å². The maximum absolute atomic E-state index is 13.4. The fraction of sp³-hybridized carbons (Fsp3) is 0.935. The van der Waals surface area contributed by atoms with Crippen molar-refractivity contribution in [1.29, 1.82) is 0 Å². The van der Waals surface area contributed by atoms with E-state index in [0.29, 0.717) is 19.6 Å². The van der Waals surface area contributed by atoms with E-state index in [1.165, 1.54) is 12.8 Å². The number of carbonyl (C=O) groups excluding carboxylic acids is 2. The Kier molecular flexibility index (Phi) is 10.3. The fourth-order valence-corrected chi connectivity index (χ4v) is 7.08. The third-order valence-corrected chi connectivity index (χ3v) is 9.13. The van der Waals surface area contributed by atoms with E-state index in [0.717, 1.165) is 70.6 Å². The molecule has 0 aromatic heterocycles. The van der Waals surface area contributed by atoms with Gasteiger partial charge in [0.25, 0.3) is 0 Å². The second kappa shape index (κ2) is 13.6. The van der Waals surface area contributed by atoms with E-state index in [1.54, 1.807) is 4.90 Å². The third-order valence-electron chi connectivity index (χ3n) is 9.13. The van der Waals surface area contributed by atoms with Crippen LogP contribution in [0.3, 0.4) is 0 Å². The molecule has 0 aromatic carbocycles. The molecule has 0 unspecified atom stereocenters. The number of hydrogen-bond donors (Lipinski definition) is 1. The zero-order valence-corrected chi connectivity index (χ0v) is 25.6. The average Bonchev–Trinajstić information content (AvgIpc) is 3.55. The predicted octanol–water partition coefficient (Wildman–Crippen LogP) is 5.16. The molecule has 2 aliphatic carbocycles. The molecule has 3 amide bonds. The summed E-state index contributed by atoms with van der Waals surface area (Å²) in [4.78, 5) is 28.2. The van der Waals surface area contributed by atoms with Crippen molar-refractivity contribution >= 4 is 11.9 Å².